The second-order valence-corrected chi connectivity index (χ2v) is 16.5. The van der Waals surface area contributed by atoms with E-state index in [1.54, 1.807) is 0 Å². The molecular weight excluding hydrogens is 719 g/mol. The molecule has 0 radical (unpaired) electrons. The summed E-state index contributed by atoms with van der Waals surface area (Å²) in [6.07, 6.45) is 0. The zero-order valence-corrected chi connectivity index (χ0v) is 32.5. The van der Waals surface area contributed by atoms with Crippen molar-refractivity contribution in [2.24, 2.45) is 0 Å². The van der Waals surface area contributed by atoms with Gasteiger partial charge in [-0.2, -0.15) is 0 Å². The molecule has 3 aromatic heterocycles. The maximum atomic E-state index is 6.19. The van der Waals surface area contributed by atoms with E-state index in [4.69, 9.17) is 14.4 Å². The number of para-hydroxylation sites is 3. The molecule has 0 fully saturated rings. The van der Waals surface area contributed by atoms with E-state index in [0.717, 1.165) is 66.1 Å². The SMILES string of the molecule is CC1(C)c2cc3ccccc3cc2-c2cc3c4ccccc4n(-c4ccc(-c5nc(-c6ccc7oc8ccccc8c7c6)c6ccccc6n5)c5ccccc45)c3cc21. The van der Waals surface area contributed by atoms with Crippen molar-refractivity contribution in [2.45, 2.75) is 19.3 Å². The van der Waals surface area contributed by atoms with Crippen LogP contribution in [0.4, 0.5) is 0 Å². The Balaban J connectivity index is 1.03. The van der Waals surface area contributed by atoms with E-state index in [0.29, 0.717) is 5.82 Å². The highest BCUT2D eigenvalue weighted by Gasteiger charge is 2.37. The number of benzene rings is 9. The van der Waals surface area contributed by atoms with E-state index in [2.05, 4.69) is 182 Å². The first-order chi connectivity index (χ1) is 29.0. The Bertz CT molecular complexity index is 3770. The molecule has 4 nitrogen and oxygen atoms in total. The molecule has 1 aliphatic carbocycles. The Morgan fingerprint density at radius 3 is 1.97 bits per heavy atom. The summed E-state index contributed by atoms with van der Waals surface area (Å²) in [5.74, 6) is 0.700. The predicted octanol–water partition coefficient (Wildman–Crippen LogP) is 14.6. The van der Waals surface area contributed by atoms with E-state index < -0.39 is 0 Å². The fourth-order valence-corrected chi connectivity index (χ4v) is 10.1. The van der Waals surface area contributed by atoms with Gasteiger partial charge in [-0.05, 0) is 111 Å². The summed E-state index contributed by atoms with van der Waals surface area (Å²) in [5, 5.41) is 10.5. The summed E-state index contributed by atoms with van der Waals surface area (Å²) in [5.41, 5.74) is 14.4. The summed E-state index contributed by atoms with van der Waals surface area (Å²) in [6.45, 7) is 4.76. The van der Waals surface area contributed by atoms with Gasteiger partial charge in [-0.25, -0.2) is 9.97 Å². The van der Waals surface area contributed by atoms with Crippen molar-refractivity contribution in [2.75, 3.05) is 0 Å². The molecule has 1 aliphatic rings. The fourth-order valence-electron chi connectivity index (χ4n) is 10.1. The van der Waals surface area contributed by atoms with E-state index >= 15 is 0 Å². The molecule has 0 saturated carbocycles. The van der Waals surface area contributed by atoms with Gasteiger partial charge in [0.05, 0.1) is 27.9 Å². The van der Waals surface area contributed by atoms with Crippen molar-refractivity contribution in [1.29, 1.82) is 0 Å². The number of rotatable bonds is 3. The number of aromatic nitrogens is 3. The highest BCUT2D eigenvalue weighted by Crippen LogP contribution is 2.52. The van der Waals surface area contributed by atoms with Gasteiger partial charge in [0.2, 0.25) is 0 Å². The van der Waals surface area contributed by atoms with Crippen molar-refractivity contribution in [3.8, 4) is 39.5 Å². The van der Waals surface area contributed by atoms with Crippen LogP contribution in [0.25, 0.3) is 116 Å². The minimum atomic E-state index is -0.156. The van der Waals surface area contributed by atoms with Gasteiger partial charge in [-0.3, -0.25) is 0 Å². The maximum Gasteiger partial charge on any atom is 0.161 e. The molecule has 0 N–H and O–H groups in total. The van der Waals surface area contributed by atoms with Crippen LogP contribution in [-0.2, 0) is 5.41 Å². The molecule has 0 aliphatic heterocycles. The number of fused-ring (bicyclic) bond motifs is 12. The van der Waals surface area contributed by atoms with Crippen LogP contribution in [0.1, 0.15) is 25.0 Å². The molecule has 13 rings (SSSR count). The third-order valence-corrected chi connectivity index (χ3v) is 13.0. The summed E-state index contributed by atoms with van der Waals surface area (Å²) in [7, 11) is 0. The summed E-state index contributed by atoms with van der Waals surface area (Å²) in [4.78, 5) is 10.6. The van der Waals surface area contributed by atoms with Crippen LogP contribution in [0.3, 0.4) is 0 Å². The predicted molar refractivity (Wildman–Crippen MR) is 245 cm³/mol. The van der Waals surface area contributed by atoms with Gasteiger partial charge >= 0.3 is 0 Å². The molecule has 0 bridgehead atoms. The molecule has 0 atom stereocenters. The quantitative estimate of drug-likeness (QED) is 0.180. The molecule has 0 amide bonds. The van der Waals surface area contributed by atoms with Gasteiger partial charge in [0.25, 0.3) is 0 Å². The van der Waals surface area contributed by atoms with Crippen molar-refractivity contribution < 1.29 is 4.42 Å². The van der Waals surface area contributed by atoms with Crippen molar-refractivity contribution in [3.05, 3.63) is 187 Å². The molecule has 0 spiro atoms. The van der Waals surface area contributed by atoms with Gasteiger partial charge < -0.3 is 8.98 Å². The van der Waals surface area contributed by atoms with Crippen LogP contribution >= 0.6 is 0 Å². The van der Waals surface area contributed by atoms with Gasteiger partial charge in [-0.15, -0.1) is 0 Å². The minimum Gasteiger partial charge on any atom is -0.456 e. The average Bonchev–Trinajstić information content (AvgIpc) is 3.88. The van der Waals surface area contributed by atoms with Crippen LogP contribution < -0.4 is 0 Å². The van der Waals surface area contributed by atoms with Crippen LogP contribution in [-0.4, -0.2) is 14.5 Å². The van der Waals surface area contributed by atoms with Gasteiger partial charge in [0.15, 0.2) is 5.82 Å². The smallest absolute Gasteiger partial charge is 0.161 e. The monoisotopic (exact) mass is 753 g/mol. The van der Waals surface area contributed by atoms with Gasteiger partial charge in [-0.1, -0.05) is 117 Å². The molecule has 12 aromatic rings. The normalized spacial score (nSPS) is 13.4. The highest BCUT2D eigenvalue weighted by atomic mass is 16.3. The Kier molecular flexibility index (Phi) is 6.48. The topological polar surface area (TPSA) is 43.9 Å². The fraction of sp³-hybridized carbons (Fsp3) is 0.0545. The zero-order chi connectivity index (χ0) is 39.0. The van der Waals surface area contributed by atoms with E-state index in [1.165, 1.54) is 54.8 Å². The number of nitrogens with zero attached hydrogens (tertiary/aromatic N) is 3. The molecule has 0 saturated heterocycles. The van der Waals surface area contributed by atoms with E-state index in [1.807, 2.05) is 12.1 Å². The summed E-state index contributed by atoms with van der Waals surface area (Å²) >= 11 is 0. The third-order valence-electron chi connectivity index (χ3n) is 13.0. The van der Waals surface area contributed by atoms with Crippen LogP contribution in [0.2, 0.25) is 0 Å². The van der Waals surface area contributed by atoms with E-state index in [9.17, 15) is 0 Å². The lowest BCUT2D eigenvalue weighted by Gasteiger charge is -2.22. The molecule has 0 unspecified atom stereocenters. The largest absolute Gasteiger partial charge is 0.456 e. The molecule has 276 valence electrons. The minimum absolute atomic E-state index is 0.156. The number of hydrogen-bond donors (Lipinski definition) is 0. The lowest BCUT2D eigenvalue weighted by molar-refractivity contribution is 0.662. The first kappa shape index (κ1) is 32.5. The van der Waals surface area contributed by atoms with Crippen LogP contribution in [0.15, 0.2) is 180 Å². The van der Waals surface area contributed by atoms with Crippen molar-refractivity contribution in [3.63, 3.8) is 0 Å². The van der Waals surface area contributed by atoms with Crippen molar-refractivity contribution in [1.82, 2.24) is 14.5 Å². The molecule has 4 heteroatoms. The Hall–Kier alpha value is -7.56. The number of furan rings is 1. The summed E-state index contributed by atoms with van der Waals surface area (Å²) in [6, 6.07) is 63.4. The lowest BCUT2D eigenvalue weighted by atomic mass is 9.81. The van der Waals surface area contributed by atoms with Crippen molar-refractivity contribution >= 4 is 76.2 Å². The third kappa shape index (κ3) is 4.54. The van der Waals surface area contributed by atoms with Crippen LogP contribution in [0, 0.1) is 0 Å². The Labute approximate surface area is 339 Å². The first-order valence-corrected chi connectivity index (χ1v) is 20.3. The van der Waals surface area contributed by atoms with Crippen LogP contribution in [0.5, 0.6) is 0 Å². The average molecular weight is 754 g/mol. The highest BCUT2D eigenvalue weighted by molar-refractivity contribution is 6.14. The van der Waals surface area contributed by atoms with E-state index in [-0.39, 0.29) is 5.41 Å². The second-order valence-electron chi connectivity index (χ2n) is 16.5. The zero-order valence-electron chi connectivity index (χ0n) is 32.5. The molecule has 3 heterocycles. The molecule has 9 aromatic carbocycles. The standard InChI is InChI=1S/C55H35N3O/c1-55(2)45-29-33-14-4-3-13-32(33)27-41(45)42-30-43-37-17-8-11-21-48(37)58(50(43)31-46(42)55)49-25-24-39(35-15-5-6-16-36(35)49)54-56-47-20-10-7-19-40(47)53(57-54)34-23-26-52-44(28-34)38-18-9-12-22-51(38)59-52/h3-31H,1-2H3. The number of hydrogen-bond acceptors (Lipinski definition) is 3. The molecule has 59 heavy (non-hydrogen) atoms. The maximum absolute atomic E-state index is 6.19. The van der Waals surface area contributed by atoms with Gasteiger partial charge in [0, 0.05) is 48.9 Å². The Morgan fingerprint density at radius 2 is 1.10 bits per heavy atom. The first-order valence-electron chi connectivity index (χ1n) is 20.3. The lowest BCUT2D eigenvalue weighted by Crippen LogP contribution is -2.15. The second kappa shape index (κ2) is 11.7. The molecular formula is C55H35N3O. The Morgan fingerprint density at radius 1 is 0.441 bits per heavy atom. The van der Waals surface area contributed by atoms with Gasteiger partial charge in [0.1, 0.15) is 11.2 Å². The summed E-state index contributed by atoms with van der Waals surface area (Å²) < 4.78 is 8.67.